The molecular weight excluding hydrogens is 204 g/mol. The first kappa shape index (κ1) is 12.7. The number of carbonyl (C=O) groups is 1. The summed E-state index contributed by atoms with van der Waals surface area (Å²) >= 11 is 0. The van der Waals surface area contributed by atoms with Gasteiger partial charge in [0.15, 0.2) is 0 Å². The average Bonchev–Trinajstić information content (AvgIpc) is 2.34. The lowest BCUT2D eigenvalue weighted by Crippen LogP contribution is -2.34. The van der Waals surface area contributed by atoms with E-state index >= 15 is 0 Å². The summed E-state index contributed by atoms with van der Waals surface area (Å²) in [6.45, 7) is 2.91. The molecule has 1 amide bonds. The van der Waals surface area contributed by atoms with Crippen molar-refractivity contribution < 1.29 is 9.53 Å². The van der Waals surface area contributed by atoms with Crippen LogP contribution >= 0.6 is 0 Å². The zero-order valence-electron chi connectivity index (χ0n) is 9.48. The van der Waals surface area contributed by atoms with Gasteiger partial charge in [-0.3, -0.25) is 4.79 Å². The lowest BCUT2D eigenvalue weighted by atomic mass is 10.1. The molecule has 0 bridgehead atoms. The third kappa shape index (κ3) is 4.42. The fourth-order valence-electron chi connectivity index (χ4n) is 1.29. The van der Waals surface area contributed by atoms with E-state index in [0.29, 0.717) is 13.2 Å². The Bertz CT molecular complexity index is 314. The van der Waals surface area contributed by atoms with Crippen molar-refractivity contribution in [3.63, 3.8) is 0 Å². The number of nitrogens with one attached hydrogen (secondary N) is 1. The summed E-state index contributed by atoms with van der Waals surface area (Å²) in [5, 5.41) is 2.73. The molecule has 0 heterocycles. The standard InChI is InChI=1S/C12H18N2O2/c1-2-16-9-12(15)14-8-11(13)10-6-4-3-5-7-10/h3-7,11H,2,8-9,13H2,1H3,(H,14,15). The van der Waals surface area contributed by atoms with Crippen LogP contribution in [0.2, 0.25) is 0 Å². The van der Waals surface area contributed by atoms with Crippen molar-refractivity contribution in [2.24, 2.45) is 5.73 Å². The van der Waals surface area contributed by atoms with Crippen molar-refractivity contribution in [1.82, 2.24) is 5.32 Å². The minimum Gasteiger partial charge on any atom is -0.372 e. The largest absolute Gasteiger partial charge is 0.372 e. The molecule has 4 nitrogen and oxygen atoms in total. The fraction of sp³-hybridized carbons (Fsp3) is 0.417. The Hall–Kier alpha value is -1.39. The van der Waals surface area contributed by atoms with Gasteiger partial charge in [-0.15, -0.1) is 0 Å². The average molecular weight is 222 g/mol. The second kappa shape index (κ2) is 6.98. The summed E-state index contributed by atoms with van der Waals surface area (Å²) in [7, 11) is 0. The van der Waals surface area contributed by atoms with Gasteiger partial charge in [0.05, 0.1) is 0 Å². The number of ether oxygens (including phenoxy) is 1. The zero-order valence-corrected chi connectivity index (χ0v) is 9.48. The molecule has 0 aliphatic heterocycles. The highest BCUT2D eigenvalue weighted by molar-refractivity contribution is 5.77. The Morgan fingerprint density at radius 3 is 2.75 bits per heavy atom. The molecule has 1 aromatic rings. The maximum Gasteiger partial charge on any atom is 0.246 e. The molecular formula is C12H18N2O2. The molecule has 1 unspecified atom stereocenters. The minimum atomic E-state index is -0.174. The third-order valence-electron chi connectivity index (χ3n) is 2.18. The number of nitrogens with two attached hydrogens (primary N) is 1. The van der Waals surface area contributed by atoms with Crippen LogP contribution in [0.15, 0.2) is 30.3 Å². The van der Waals surface area contributed by atoms with E-state index in [9.17, 15) is 4.79 Å². The first-order valence-corrected chi connectivity index (χ1v) is 5.39. The van der Waals surface area contributed by atoms with Gasteiger partial charge in [0.1, 0.15) is 6.61 Å². The Kier molecular flexibility index (Phi) is 5.53. The molecule has 0 aromatic heterocycles. The van der Waals surface area contributed by atoms with Crippen LogP contribution in [0.3, 0.4) is 0 Å². The minimum absolute atomic E-state index is 0.0952. The van der Waals surface area contributed by atoms with E-state index in [2.05, 4.69) is 5.32 Å². The summed E-state index contributed by atoms with van der Waals surface area (Å²) in [4.78, 5) is 11.2. The van der Waals surface area contributed by atoms with E-state index in [1.807, 2.05) is 37.3 Å². The van der Waals surface area contributed by atoms with E-state index in [-0.39, 0.29) is 18.6 Å². The smallest absolute Gasteiger partial charge is 0.246 e. The molecule has 1 aromatic carbocycles. The topological polar surface area (TPSA) is 64.3 Å². The van der Waals surface area contributed by atoms with Gasteiger partial charge in [0.25, 0.3) is 0 Å². The van der Waals surface area contributed by atoms with Crippen molar-refractivity contribution in [3.05, 3.63) is 35.9 Å². The van der Waals surface area contributed by atoms with Crippen molar-refractivity contribution in [3.8, 4) is 0 Å². The Morgan fingerprint density at radius 1 is 1.44 bits per heavy atom. The number of carbonyl (C=O) groups excluding carboxylic acids is 1. The van der Waals surface area contributed by atoms with Crippen LogP contribution in [0.25, 0.3) is 0 Å². The number of rotatable bonds is 6. The van der Waals surface area contributed by atoms with Crippen LogP contribution in [0, 0.1) is 0 Å². The summed E-state index contributed by atoms with van der Waals surface area (Å²) in [5.41, 5.74) is 6.93. The second-order valence-corrected chi connectivity index (χ2v) is 3.46. The maximum atomic E-state index is 11.2. The molecule has 3 N–H and O–H groups in total. The highest BCUT2D eigenvalue weighted by Crippen LogP contribution is 2.07. The first-order chi connectivity index (χ1) is 7.74. The van der Waals surface area contributed by atoms with Crippen molar-refractivity contribution in [2.75, 3.05) is 19.8 Å². The summed E-state index contributed by atoms with van der Waals surface area (Å²) in [5.74, 6) is -0.131. The van der Waals surface area contributed by atoms with Crippen LogP contribution < -0.4 is 11.1 Å². The van der Waals surface area contributed by atoms with Crippen LogP contribution in [0.5, 0.6) is 0 Å². The van der Waals surface area contributed by atoms with Crippen molar-refractivity contribution >= 4 is 5.91 Å². The lowest BCUT2D eigenvalue weighted by molar-refractivity contribution is -0.125. The van der Waals surface area contributed by atoms with Gasteiger partial charge in [0.2, 0.25) is 5.91 Å². The third-order valence-corrected chi connectivity index (χ3v) is 2.18. The molecule has 16 heavy (non-hydrogen) atoms. The fourth-order valence-corrected chi connectivity index (χ4v) is 1.29. The van der Waals surface area contributed by atoms with Gasteiger partial charge in [-0.2, -0.15) is 0 Å². The lowest BCUT2D eigenvalue weighted by Gasteiger charge is -2.12. The van der Waals surface area contributed by atoms with Gasteiger partial charge >= 0.3 is 0 Å². The van der Waals surface area contributed by atoms with Crippen molar-refractivity contribution in [1.29, 1.82) is 0 Å². The van der Waals surface area contributed by atoms with Gasteiger partial charge in [-0.05, 0) is 12.5 Å². The number of hydrogen-bond donors (Lipinski definition) is 2. The van der Waals surface area contributed by atoms with E-state index in [4.69, 9.17) is 10.5 Å². The number of hydrogen-bond acceptors (Lipinski definition) is 3. The molecule has 0 fully saturated rings. The normalized spacial score (nSPS) is 12.1. The predicted molar refractivity (Wildman–Crippen MR) is 62.9 cm³/mol. The van der Waals surface area contributed by atoms with E-state index < -0.39 is 0 Å². The molecule has 0 aliphatic carbocycles. The van der Waals surface area contributed by atoms with E-state index in [1.165, 1.54) is 0 Å². The number of amides is 1. The molecule has 4 heteroatoms. The summed E-state index contributed by atoms with van der Waals surface area (Å²) in [6.07, 6.45) is 0. The molecule has 88 valence electrons. The summed E-state index contributed by atoms with van der Waals surface area (Å²) in [6, 6.07) is 9.50. The molecule has 0 radical (unpaired) electrons. The highest BCUT2D eigenvalue weighted by atomic mass is 16.5. The first-order valence-electron chi connectivity index (χ1n) is 5.39. The van der Waals surface area contributed by atoms with Gasteiger partial charge in [-0.1, -0.05) is 30.3 Å². The molecule has 1 atom stereocenters. The molecule has 0 saturated carbocycles. The maximum absolute atomic E-state index is 11.2. The second-order valence-electron chi connectivity index (χ2n) is 3.46. The molecule has 0 saturated heterocycles. The Labute approximate surface area is 95.8 Å². The summed E-state index contributed by atoms with van der Waals surface area (Å²) < 4.78 is 4.98. The molecule has 1 rings (SSSR count). The SMILES string of the molecule is CCOCC(=O)NCC(N)c1ccccc1. The Morgan fingerprint density at radius 2 is 2.12 bits per heavy atom. The van der Waals surface area contributed by atoms with Crippen LogP contribution in [0.4, 0.5) is 0 Å². The molecule has 0 aliphatic rings. The van der Waals surface area contributed by atoms with Crippen LogP contribution in [-0.4, -0.2) is 25.7 Å². The van der Waals surface area contributed by atoms with Gasteiger partial charge < -0.3 is 15.8 Å². The monoisotopic (exact) mass is 222 g/mol. The van der Waals surface area contributed by atoms with E-state index in [0.717, 1.165) is 5.56 Å². The number of benzene rings is 1. The van der Waals surface area contributed by atoms with Crippen LogP contribution in [-0.2, 0) is 9.53 Å². The predicted octanol–water partition coefficient (Wildman–Crippen LogP) is 0.839. The highest BCUT2D eigenvalue weighted by Gasteiger charge is 2.07. The quantitative estimate of drug-likeness (QED) is 0.749. The van der Waals surface area contributed by atoms with Gasteiger partial charge in [-0.25, -0.2) is 0 Å². The molecule has 0 spiro atoms. The van der Waals surface area contributed by atoms with Crippen LogP contribution in [0.1, 0.15) is 18.5 Å². The van der Waals surface area contributed by atoms with Gasteiger partial charge in [0, 0.05) is 19.2 Å². The Balaban J connectivity index is 2.30. The van der Waals surface area contributed by atoms with Crippen molar-refractivity contribution in [2.45, 2.75) is 13.0 Å². The zero-order chi connectivity index (χ0) is 11.8. The van der Waals surface area contributed by atoms with E-state index in [1.54, 1.807) is 0 Å².